The van der Waals surface area contributed by atoms with Crippen LogP contribution in [-0.2, 0) is 9.63 Å². The van der Waals surface area contributed by atoms with Crippen molar-refractivity contribution in [1.29, 1.82) is 0 Å². The Kier molecular flexibility index (Phi) is 8.67. The maximum atomic E-state index is 13.5. The van der Waals surface area contributed by atoms with Gasteiger partial charge in [0.1, 0.15) is 18.9 Å². The maximum Gasteiger partial charge on any atom is 0.254 e. The summed E-state index contributed by atoms with van der Waals surface area (Å²) in [5.41, 5.74) is 3.22. The average Bonchev–Trinajstić information content (AvgIpc) is 3.39. The molecule has 0 spiro atoms. The Morgan fingerprint density at radius 1 is 1.03 bits per heavy atom. The molecule has 0 saturated carbocycles. The molecule has 3 aromatic rings. The van der Waals surface area contributed by atoms with E-state index in [0.717, 1.165) is 16.9 Å². The van der Waals surface area contributed by atoms with Crippen molar-refractivity contribution in [2.24, 2.45) is 5.16 Å². The number of phenolic OH excluding ortho intramolecular Hbond substituents is 1. The lowest BCUT2D eigenvalue weighted by Gasteiger charge is -2.24. The van der Waals surface area contributed by atoms with Crippen LogP contribution in [0.5, 0.6) is 17.2 Å². The number of phenols is 1. The average molecular weight is 534 g/mol. The van der Waals surface area contributed by atoms with E-state index in [-0.39, 0.29) is 36.9 Å². The van der Waals surface area contributed by atoms with Crippen molar-refractivity contribution in [2.75, 3.05) is 34.4 Å². The molecule has 0 aromatic heterocycles. The predicted octanol–water partition coefficient (Wildman–Crippen LogP) is 3.14. The summed E-state index contributed by atoms with van der Waals surface area (Å²) >= 11 is 0. The molecule has 1 aliphatic rings. The number of methoxy groups -OCH3 is 2. The minimum absolute atomic E-state index is 0.0570. The Morgan fingerprint density at radius 2 is 1.74 bits per heavy atom. The smallest absolute Gasteiger partial charge is 0.254 e. The van der Waals surface area contributed by atoms with Crippen molar-refractivity contribution in [1.82, 2.24) is 10.2 Å². The fourth-order valence-electron chi connectivity index (χ4n) is 4.52. The summed E-state index contributed by atoms with van der Waals surface area (Å²) in [4.78, 5) is 33.0. The van der Waals surface area contributed by atoms with Gasteiger partial charge in [-0.05, 0) is 41.5 Å². The molecule has 1 heterocycles. The van der Waals surface area contributed by atoms with E-state index in [2.05, 4.69) is 10.5 Å². The maximum absolute atomic E-state index is 13.5. The first-order valence-electron chi connectivity index (χ1n) is 12.3. The van der Waals surface area contributed by atoms with E-state index in [1.165, 1.54) is 37.3 Å². The van der Waals surface area contributed by atoms with Crippen molar-refractivity contribution in [2.45, 2.75) is 18.6 Å². The van der Waals surface area contributed by atoms with Crippen LogP contribution in [0.15, 0.2) is 71.9 Å². The van der Waals surface area contributed by atoms with Crippen LogP contribution < -0.4 is 14.8 Å². The van der Waals surface area contributed by atoms with E-state index in [9.17, 15) is 19.8 Å². The summed E-state index contributed by atoms with van der Waals surface area (Å²) in [7, 11) is 4.42. The summed E-state index contributed by atoms with van der Waals surface area (Å²) in [6.45, 7) is 0.0341. The van der Waals surface area contributed by atoms with Gasteiger partial charge in [-0.1, -0.05) is 41.6 Å². The second-order valence-electron chi connectivity index (χ2n) is 8.96. The third-order valence-corrected chi connectivity index (χ3v) is 6.55. The van der Waals surface area contributed by atoms with Crippen LogP contribution in [0.25, 0.3) is 11.1 Å². The summed E-state index contributed by atoms with van der Waals surface area (Å²) < 4.78 is 10.5. The molecule has 0 aliphatic carbocycles. The van der Waals surface area contributed by atoms with Gasteiger partial charge >= 0.3 is 0 Å². The number of oxime groups is 1. The quantitative estimate of drug-likeness (QED) is 0.360. The number of amides is 2. The minimum Gasteiger partial charge on any atom is -0.504 e. The number of carbonyl (C=O) groups excluding carboxylic acids is 2. The summed E-state index contributed by atoms with van der Waals surface area (Å²) in [5.74, 6) is 0.120. The number of carbonyl (C=O) groups is 2. The molecule has 4 rings (SSSR count). The number of aliphatic hydroxyl groups is 1. The molecule has 3 N–H and O–H groups in total. The lowest BCUT2D eigenvalue weighted by atomic mass is 10.0. The van der Waals surface area contributed by atoms with Crippen molar-refractivity contribution < 1.29 is 34.1 Å². The first kappa shape index (κ1) is 27.5. The fraction of sp³-hybridized carbons (Fsp3) is 0.276. The number of benzene rings is 3. The molecule has 10 heteroatoms. The van der Waals surface area contributed by atoms with Gasteiger partial charge in [-0.25, -0.2) is 0 Å². The normalized spacial score (nSPS) is 16.6. The number of hydrogen-bond donors (Lipinski definition) is 3. The highest BCUT2D eigenvalue weighted by atomic mass is 16.6. The minimum atomic E-state index is -1.05. The summed E-state index contributed by atoms with van der Waals surface area (Å²) in [6.07, 6.45) is -0.850. The van der Waals surface area contributed by atoms with Gasteiger partial charge < -0.3 is 34.7 Å². The summed E-state index contributed by atoms with van der Waals surface area (Å²) in [5, 5.41) is 27.1. The molecule has 1 saturated heterocycles. The number of ether oxygens (including phenoxy) is 2. The van der Waals surface area contributed by atoms with Crippen LogP contribution in [0.2, 0.25) is 0 Å². The summed E-state index contributed by atoms with van der Waals surface area (Å²) in [6, 6.07) is 18.3. The first-order chi connectivity index (χ1) is 18.9. The monoisotopic (exact) mass is 533 g/mol. The number of nitrogens with one attached hydrogen (secondary N) is 1. The number of nitrogens with zero attached hydrogens (tertiary/aromatic N) is 2. The van der Waals surface area contributed by atoms with E-state index in [1.807, 2.05) is 36.4 Å². The third kappa shape index (κ3) is 6.12. The van der Waals surface area contributed by atoms with Crippen molar-refractivity contribution in [3.8, 4) is 28.4 Å². The third-order valence-electron chi connectivity index (χ3n) is 6.55. The number of rotatable bonds is 9. The molecule has 2 amide bonds. The molecule has 204 valence electrons. The highest BCUT2D eigenvalue weighted by Crippen LogP contribution is 2.31. The molecular formula is C29H31N3O7. The highest BCUT2D eigenvalue weighted by Gasteiger charge is 2.38. The van der Waals surface area contributed by atoms with E-state index < -0.39 is 18.1 Å². The van der Waals surface area contributed by atoms with E-state index in [0.29, 0.717) is 16.8 Å². The van der Waals surface area contributed by atoms with Crippen molar-refractivity contribution in [3.05, 3.63) is 77.9 Å². The second kappa shape index (κ2) is 12.3. The van der Waals surface area contributed by atoms with Gasteiger partial charge in [0.25, 0.3) is 5.91 Å². The Morgan fingerprint density at radius 3 is 2.44 bits per heavy atom. The van der Waals surface area contributed by atoms with Crippen LogP contribution in [0.3, 0.4) is 0 Å². The van der Waals surface area contributed by atoms with Gasteiger partial charge in [-0.15, -0.1) is 0 Å². The molecule has 3 aromatic carbocycles. The second-order valence-corrected chi connectivity index (χ2v) is 8.96. The van der Waals surface area contributed by atoms with E-state index >= 15 is 0 Å². The standard InChI is InChI=1S/C29H31N3O7/c1-37-26-7-5-4-6-22(26)18-8-10-19(11-9-18)29(36)32-17-21(31-39-3)15-23(32)28(35)30-16-25(34)20-12-13-24(33)27(14-20)38-2/h4-14,23,25,33-34H,15-17H2,1-3H3,(H,30,35)/b31-21+/t23-,25+/m0/s1. The Balaban J connectivity index is 1.48. The van der Waals surface area contributed by atoms with Crippen LogP contribution in [0.4, 0.5) is 0 Å². The first-order valence-corrected chi connectivity index (χ1v) is 12.3. The molecule has 0 radical (unpaired) electrons. The molecule has 2 atom stereocenters. The van der Waals surface area contributed by atoms with E-state index in [1.54, 1.807) is 19.2 Å². The van der Waals surface area contributed by atoms with E-state index in [4.69, 9.17) is 14.3 Å². The lowest BCUT2D eigenvalue weighted by molar-refractivity contribution is -0.125. The van der Waals surface area contributed by atoms with Crippen LogP contribution >= 0.6 is 0 Å². The topological polar surface area (TPSA) is 130 Å². The number of likely N-dealkylation sites (tertiary alicyclic amines) is 1. The van der Waals surface area contributed by atoms with Gasteiger partial charge in [0.15, 0.2) is 11.5 Å². The van der Waals surface area contributed by atoms with Gasteiger partial charge in [0.05, 0.1) is 32.6 Å². The molecule has 1 aliphatic heterocycles. The Bertz CT molecular complexity index is 1360. The zero-order valence-electron chi connectivity index (χ0n) is 22.0. The molecule has 0 bridgehead atoms. The SMILES string of the molecule is CO/N=C1\C[C@@H](C(=O)NC[C@@H](O)c2ccc(O)c(OC)c2)N(C(=O)c2ccc(-c3ccccc3OC)cc2)C1. The van der Waals surface area contributed by atoms with Crippen LogP contribution in [0.1, 0.15) is 28.4 Å². The number of aliphatic hydroxyl groups excluding tert-OH is 1. The number of aromatic hydroxyl groups is 1. The lowest BCUT2D eigenvalue weighted by Crippen LogP contribution is -2.46. The van der Waals surface area contributed by atoms with Crippen molar-refractivity contribution >= 4 is 17.5 Å². The number of para-hydroxylation sites is 1. The molecule has 1 fully saturated rings. The highest BCUT2D eigenvalue weighted by molar-refractivity contribution is 6.05. The van der Waals surface area contributed by atoms with Gasteiger partial charge in [-0.2, -0.15) is 0 Å². The van der Waals surface area contributed by atoms with Crippen LogP contribution in [0, 0.1) is 0 Å². The van der Waals surface area contributed by atoms with Gasteiger partial charge in [0, 0.05) is 24.1 Å². The fourth-order valence-corrected chi connectivity index (χ4v) is 4.52. The zero-order valence-corrected chi connectivity index (χ0v) is 22.0. The van der Waals surface area contributed by atoms with Crippen molar-refractivity contribution in [3.63, 3.8) is 0 Å². The largest absolute Gasteiger partial charge is 0.504 e. The molecule has 10 nitrogen and oxygen atoms in total. The zero-order chi connectivity index (χ0) is 27.9. The number of hydrogen-bond acceptors (Lipinski definition) is 8. The molecular weight excluding hydrogens is 502 g/mol. The Labute approximate surface area is 226 Å². The van der Waals surface area contributed by atoms with Gasteiger partial charge in [0.2, 0.25) is 5.91 Å². The Hall–Kier alpha value is -4.57. The molecule has 0 unspecified atom stereocenters. The van der Waals surface area contributed by atoms with Crippen LogP contribution in [-0.4, -0.2) is 73.1 Å². The molecule has 39 heavy (non-hydrogen) atoms. The predicted molar refractivity (Wildman–Crippen MR) is 145 cm³/mol. The van der Waals surface area contributed by atoms with Gasteiger partial charge in [-0.3, -0.25) is 9.59 Å².